The zero-order chi connectivity index (χ0) is 20.2. The summed E-state index contributed by atoms with van der Waals surface area (Å²) in [6, 6.07) is 24.4. The van der Waals surface area contributed by atoms with Crippen LogP contribution in [0, 0.1) is 0 Å². The number of anilines is 1. The summed E-state index contributed by atoms with van der Waals surface area (Å²) in [6.07, 6.45) is 1.80. The van der Waals surface area contributed by atoms with Crippen LogP contribution in [0.25, 0.3) is 6.08 Å². The van der Waals surface area contributed by atoms with Crippen LogP contribution in [0.4, 0.5) is 5.69 Å². The summed E-state index contributed by atoms with van der Waals surface area (Å²) in [7, 11) is 0. The van der Waals surface area contributed by atoms with E-state index in [1.165, 1.54) is 5.01 Å². The number of carbonyl (C=O) groups excluding carboxylic acids is 1. The quantitative estimate of drug-likeness (QED) is 0.523. The van der Waals surface area contributed by atoms with Crippen molar-refractivity contribution < 1.29 is 9.53 Å². The molecule has 1 aliphatic rings. The highest BCUT2D eigenvalue weighted by atomic mass is 35.5. The van der Waals surface area contributed by atoms with Gasteiger partial charge in [0, 0.05) is 16.1 Å². The summed E-state index contributed by atoms with van der Waals surface area (Å²) in [5, 5.41) is 6.65. The third kappa shape index (κ3) is 3.93. The number of benzene rings is 3. The first-order valence-corrected chi connectivity index (χ1v) is 9.73. The minimum Gasteiger partial charge on any atom is -0.493 e. The first-order valence-electron chi connectivity index (χ1n) is 9.35. The minimum atomic E-state index is -0.197. The van der Waals surface area contributed by atoms with Crippen molar-refractivity contribution in [2.24, 2.45) is 5.10 Å². The molecule has 1 amide bonds. The van der Waals surface area contributed by atoms with Gasteiger partial charge in [-0.25, -0.2) is 0 Å². The molecule has 29 heavy (non-hydrogen) atoms. The Morgan fingerprint density at radius 1 is 1.00 bits per heavy atom. The Labute approximate surface area is 174 Å². The topological polar surface area (TPSA) is 41.9 Å². The largest absolute Gasteiger partial charge is 0.493 e. The van der Waals surface area contributed by atoms with Gasteiger partial charge >= 0.3 is 0 Å². The summed E-state index contributed by atoms with van der Waals surface area (Å²) in [5.41, 5.74) is 3.42. The molecule has 0 aromatic heterocycles. The zero-order valence-corrected chi connectivity index (χ0v) is 16.6. The Hall–Kier alpha value is -3.37. The lowest BCUT2D eigenvalue weighted by Crippen LogP contribution is -2.21. The van der Waals surface area contributed by atoms with E-state index in [0.717, 1.165) is 11.1 Å². The van der Waals surface area contributed by atoms with Crippen LogP contribution in [0.15, 0.2) is 89.5 Å². The van der Waals surface area contributed by atoms with Crippen molar-refractivity contribution in [1.29, 1.82) is 0 Å². The number of hydrogen-bond acceptors (Lipinski definition) is 3. The number of nitrogens with zero attached hydrogens (tertiary/aromatic N) is 2. The van der Waals surface area contributed by atoms with E-state index in [1.807, 2.05) is 73.7 Å². The molecule has 0 aliphatic carbocycles. The van der Waals surface area contributed by atoms with Gasteiger partial charge in [0.05, 0.1) is 17.9 Å². The van der Waals surface area contributed by atoms with E-state index >= 15 is 0 Å². The monoisotopic (exact) mass is 402 g/mol. The second-order valence-corrected chi connectivity index (χ2v) is 6.88. The Bertz CT molecular complexity index is 1090. The van der Waals surface area contributed by atoms with Gasteiger partial charge in [0.25, 0.3) is 5.91 Å². The summed E-state index contributed by atoms with van der Waals surface area (Å²) in [5.74, 6) is 0.472. The molecule has 3 aromatic carbocycles. The number of ether oxygens (including phenoxy) is 1. The lowest BCUT2D eigenvalue weighted by Gasteiger charge is -2.11. The van der Waals surface area contributed by atoms with Crippen LogP contribution in [-0.4, -0.2) is 18.2 Å². The van der Waals surface area contributed by atoms with Crippen molar-refractivity contribution in [3.05, 3.63) is 101 Å². The first-order chi connectivity index (χ1) is 14.2. The number of carbonyl (C=O) groups is 1. The second-order valence-electron chi connectivity index (χ2n) is 6.44. The average molecular weight is 403 g/mol. The Morgan fingerprint density at radius 2 is 1.69 bits per heavy atom. The third-order valence-corrected chi connectivity index (χ3v) is 4.73. The Balaban J connectivity index is 1.85. The SMILES string of the molecule is CCOc1ccc(Cl)cc1/C=C1\C(=O)N(c2ccccc2)N=C1c1ccccc1. The Kier molecular flexibility index (Phi) is 5.45. The fourth-order valence-electron chi connectivity index (χ4n) is 3.17. The molecule has 0 radical (unpaired) electrons. The van der Waals surface area contributed by atoms with Crippen LogP contribution < -0.4 is 9.75 Å². The van der Waals surface area contributed by atoms with Gasteiger partial charge in [0.1, 0.15) is 11.5 Å². The van der Waals surface area contributed by atoms with Crippen molar-refractivity contribution >= 4 is 35.0 Å². The first kappa shape index (κ1) is 19.0. The van der Waals surface area contributed by atoms with Gasteiger partial charge in [0.15, 0.2) is 0 Å². The molecule has 0 spiro atoms. The number of hydrogen-bond donors (Lipinski definition) is 0. The maximum Gasteiger partial charge on any atom is 0.281 e. The molecule has 4 nitrogen and oxygen atoms in total. The van der Waals surface area contributed by atoms with E-state index < -0.39 is 0 Å². The molecule has 0 unspecified atom stereocenters. The molecule has 0 fully saturated rings. The number of halogens is 1. The molecule has 5 heteroatoms. The van der Waals surface area contributed by atoms with Crippen molar-refractivity contribution in [3.63, 3.8) is 0 Å². The van der Waals surface area contributed by atoms with Gasteiger partial charge in [-0.15, -0.1) is 0 Å². The summed E-state index contributed by atoms with van der Waals surface area (Å²) >= 11 is 6.21. The number of amides is 1. The van der Waals surface area contributed by atoms with Crippen LogP contribution in [0.5, 0.6) is 5.75 Å². The molecule has 0 saturated heterocycles. The predicted octanol–water partition coefficient (Wildman–Crippen LogP) is 5.57. The Morgan fingerprint density at radius 3 is 2.38 bits per heavy atom. The molecule has 1 heterocycles. The minimum absolute atomic E-state index is 0.197. The van der Waals surface area contributed by atoms with Gasteiger partial charge in [-0.05, 0) is 43.3 Å². The van der Waals surface area contributed by atoms with Crippen molar-refractivity contribution in [3.8, 4) is 5.75 Å². The number of para-hydroxylation sites is 1. The smallest absolute Gasteiger partial charge is 0.281 e. The maximum atomic E-state index is 13.3. The van der Waals surface area contributed by atoms with Gasteiger partial charge in [-0.3, -0.25) is 4.79 Å². The molecule has 3 aromatic rings. The van der Waals surface area contributed by atoms with Gasteiger partial charge in [-0.2, -0.15) is 10.1 Å². The maximum absolute atomic E-state index is 13.3. The molecular formula is C24H19ClN2O2. The van der Waals surface area contributed by atoms with Crippen LogP contribution >= 0.6 is 11.6 Å². The lowest BCUT2D eigenvalue weighted by molar-refractivity contribution is -0.114. The molecule has 0 N–H and O–H groups in total. The van der Waals surface area contributed by atoms with Gasteiger partial charge in [-0.1, -0.05) is 60.1 Å². The molecule has 0 saturated carbocycles. The van der Waals surface area contributed by atoms with Crippen molar-refractivity contribution in [1.82, 2.24) is 0 Å². The van der Waals surface area contributed by atoms with E-state index in [-0.39, 0.29) is 5.91 Å². The highest BCUT2D eigenvalue weighted by Gasteiger charge is 2.32. The standard InChI is InChI=1S/C24H19ClN2O2/c1-2-29-22-14-13-19(25)15-18(22)16-21-23(17-9-5-3-6-10-17)26-27(24(21)28)20-11-7-4-8-12-20/h3-16H,2H2,1H3/b21-16-. The zero-order valence-electron chi connectivity index (χ0n) is 15.9. The predicted molar refractivity (Wildman–Crippen MR) is 118 cm³/mol. The molecule has 144 valence electrons. The molecule has 0 bridgehead atoms. The molecular weight excluding hydrogens is 384 g/mol. The fraction of sp³-hybridized carbons (Fsp3) is 0.0833. The molecule has 0 atom stereocenters. The molecule has 1 aliphatic heterocycles. The van der Waals surface area contributed by atoms with Crippen LogP contribution in [-0.2, 0) is 4.79 Å². The van der Waals surface area contributed by atoms with Gasteiger partial charge < -0.3 is 4.74 Å². The van der Waals surface area contributed by atoms with Crippen molar-refractivity contribution in [2.75, 3.05) is 11.6 Å². The number of hydrazone groups is 1. The number of rotatable bonds is 5. The van der Waals surface area contributed by atoms with E-state index in [2.05, 4.69) is 5.10 Å². The summed E-state index contributed by atoms with van der Waals surface area (Å²) < 4.78 is 5.72. The second kappa shape index (κ2) is 8.33. The van der Waals surface area contributed by atoms with Crippen LogP contribution in [0.1, 0.15) is 18.1 Å². The fourth-order valence-corrected chi connectivity index (χ4v) is 3.35. The van der Waals surface area contributed by atoms with E-state index in [4.69, 9.17) is 16.3 Å². The van der Waals surface area contributed by atoms with Crippen LogP contribution in [0.3, 0.4) is 0 Å². The average Bonchev–Trinajstić information content (AvgIpc) is 3.08. The lowest BCUT2D eigenvalue weighted by atomic mass is 10.00. The van der Waals surface area contributed by atoms with E-state index in [0.29, 0.717) is 34.4 Å². The highest BCUT2D eigenvalue weighted by Crippen LogP contribution is 2.31. The highest BCUT2D eigenvalue weighted by molar-refractivity contribution is 6.37. The summed E-state index contributed by atoms with van der Waals surface area (Å²) in [6.45, 7) is 2.43. The van der Waals surface area contributed by atoms with Crippen molar-refractivity contribution in [2.45, 2.75) is 6.92 Å². The van der Waals surface area contributed by atoms with E-state index in [1.54, 1.807) is 18.2 Å². The molecule has 4 rings (SSSR count). The van der Waals surface area contributed by atoms with Gasteiger partial charge in [0.2, 0.25) is 0 Å². The summed E-state index contributed by atoms with van der Waals surface area (Å²) in [4.78, 5) is 13.3. The normalized spacial score (nSPS) is 15.0. The van der Waals surface area contributed by atoms with Crippen LogP contribution in [0.2, 0.25) is 5.02 Å². The van der Waals surface area contributed by atoms with E-state index in [9.17, 15) is 4.79 Å². The third-order valence-electron chi connectivity index (χ3n) is 4.50.